The fourth-order valence-corrected chi connectivity index (χ4v) is 9.00. The molecule has 0 bridgehead atoms. The van der Waals surface area contributed by atoms with Crippen LogP contribution in [-0.2, 0) is 22.0 Å². The molecule has 2 aromatic carbocycles. The van der Waals surface area contributed by atoms with E-state index in [2.05, 4.69) is 22.4 Å². The van der Waals surface area contributed by atoms with Gasteiger partial charge in [0.05, 0.1) is 43.4 Å². The van der Waals surface area contributed by atoms with Crippen LogP contribution in [0.25, 0.3) is 16.3 Å². The van der Waals surface area contributed by atoms with Gasteiger partial charge in [-0.05, 0) is 73.9 Å². The normalized spacial score (nSPS) is 17.6. The number of hydrogen-bond donors (Lipinski definition) is 1. The van der Waals surface area contributed by atoms with Crippen LogP contribution in [0.15, 0.2) is 54.6 Å². The Morgan fingerprint density at radius 3 is 2.29 bits per heavy atom. The molecule has 4 heterocycles. The van der Waals surface area contributed by atoms with E-state index in [9.17, 15) is 39.6 Å². The summed E-state index contributed by atoms with van der Waals surface area (Å²) in [6, 6.07) is 12.0. The number of nitrogens with zero attached hydrogens (tertiary/aromatic N) is 4. The van der Waals surface area contributed by atoms with Gasteiger partial charge in [0.15, 0.2) is 5.69 Å². The topological polar surface area (TPSA) is 87.5 Å². The molecular formula is C34H29Cl2F6N5O3S2. The summed E-state index contributed by atoms with van der Waals surface area (Å²) >= 11 is 13.8. The maximum absolute atomic E-state index is 13.9. The SMILES string of the molecule is O=C(NN1CCCCC1)c1nn(-c2ccc(Cl)cc2Cl)c(-c2ccc(C#Cc3ccc(C(F)(F)F)cc3)s2)c1CS(=O)(=O)N1CC[C@H](C(F)(F)F)C1. The number of hydrazine groups is 1. The monoisotopic (exact) mass is 803 g/mol. The molecule has 2 aliphatic rings. The molecule has 276 valence electrons. The van der Waals surface area contributed by atoms with Gasteiger partial charge < -0.3 is 0 Å². The number of piperidine rings is 1. The van der Waals surface area contributed by atoms with Crippen LogP contribution in [0.1, 0.15) is 57.7 Å². The highest BCUT2D eigenvalue weighted by Gasteiger charge is 2.46. The van der Waals surface area contributed by atoms with Crippen molar-refractivity contribution in [3.05, 3.63) is 91.9 Å². The number of rotatable bonds is 7. The first-order chi connectivity index (χ1) is 24.5. The molecule has 2 fully saturated rings. The largest absolute Gasteiger partial charge is 0.416 e. The molecular weight excluding hydrogens is 775 g/mol. The fourth-order valence-electron chi connectivity index (χ4n) is 5.98. The van der Waals surface area contributed by atoms with E-state index in [1.807, 2.05) is 0 Å². The van der Waals surface area contributed by atoms with Crippen molar-refractivity contribution in [1.82, 2.24) is 24.5 Å². The number of thiophene rings is 1. The van der Waals surface area contributed by atoms with Gasteiger partial charge in [0.25, 0.3) is 5.91 Å². The molecule has 0 radical (unpaired) electrons. The van der Waals surface area contributed by atoms with Crippen LogP contribution >= 0.6 is 34.5 Å². The van der Waals surface area contributed by atoms with Crippen LogP contribution in [0.5, 0.6) is 0 Å². The number of hydrogen-bond acceptors (Lipinski definition) is 6. The smallest absolute Gasteiger partial charge is 0.283 e. The Morgan fingerprint density at radius 2 is 1.65 bits per heavy atom. The average molecular weight is 805 g/mol. The van der Waals surface area contributed by atoms with Gasteiger partial charge in [-0.3, -0.25) is 10.2 Å². The zero-order valence-electron chi connectivity index (χ0n) is 27.0. The molecule has 8 nitrogen and oxygen atoms in total. The first-order valence-corrected chi connectivity index (χ1v) is 19.1. The summed E-state index contributed by atoms with van der Waals surface area (Å²) in [5.74, 6) is 2.31. The molecule has 0 spiro atoms. The number of halogens is 8. The Morgan fingerprint density at radius 1 is 0.942 bits per heavy atom. The molecule has 1 atom stereocenters. The minimum absolute atomic E-state index is 0.0694. The van der Waals surface area contributed by atoms with Gasteiger partial charge >= 0.3 is 12.4 Å². The number of sulfonamides is 1. The zero-order chi connectivity index (χ0) is 37.4. The van der Waals surface area contributed by atoms with E-state index in [0.717, 1.165) is 47.0 Å². The number of aromatic nitrogens is 2. The third-order valence-corrected chi connectivity index (χ3v) is 12.0. The summed E-state index contributed by atoms with van der Waals surface area (Å²) in [6.45, 7) is -0.00378. The summed E-state index contributed by atoms with van der Waals surface area (Å²) in [6.07, 6.45) is -6.87. The van der Waals surface area contributed by atoms with Crippen molar-refractivity contribution in [3.63, 3.8) is 0 Å². The second-order valence-corrected chi connectivity index (χ2v) is 16.2. The van der Waals surface area contributed by atoms with E-state index < -0.39 is 58.5 Å². The number of benzene rings is 2. The number of carbonyl (C=O) groups excluding carboxylic acids is 1. The third kappa shape index (κ3) is 8.61. The van der Waals surface area contributed by atoms with Crippen molar-refractivity contribution >= 4 is 50.5 Å². The van der Waals surface area contributed by atoms with Crippen molar-refractivity contribution in [3.8, 4) is 28.1 Å². The summed E-state index contributed by atoms with van der Waals surface area (Å²) in [5, 5.41) is 6.68. The van der Waals surface area contributed by atoms with Gasteiger partial charge in [-0.15, -0.1) is 11.3 Å². The van der Waals surface area contributed by atoms with Crippen LogP contribution in [0.4, 0.5) is 26.3 Å². The summed E-state index contributed by atoms with van der Waals surface area (Å²) in [5.41, 5.74) is 2.32. The summed E-state index contributed by atoms with van der Waals surface area (Å²) in [4.78, 5) is 14.7. The number of nitrogens with one attached hydrogen (secondary N) is 1. The average Bonchev–Trinajstić information content (AvgIpc) is 3.84. The van der Waals surface area contributed by atoms with Crippen LogP contribution in [0, 0.1) is 17.8 Å². The highest BCUT2D eigenvalue weighted by molar-refractivity contribution is 7.88. The lowest BCUT2D eigenvalue weighted by Gasteiger charge is -2.26. The quantitative estimate of drug-likeness (QED) is 0.151. The van der Waals surface area contributed by atoms with Crippen molar-refractivity contribution in [2.24, 2.45) is 5.92 Å². The number of carbonyl (C=O) groups is 1. The van der Waals surface area contributed by atoms with Crippen LogP contribution in [0.3, 0.4) is 0 Å². The highest BCUT2D eigenvalue weighted by Crippen LogP contribution is 2.40. The molecule has 2 aromatic heterocycles. The predicted molar refractivity (Wildman–Crippen MR) is 186 cm³/mol. The van der Waals surface area contributed by atoms with E-state index in [0.29, 0.717) is 33.4 Å². The zero-order valence-corrected chi connectivity index (χ0v) is 30.1. The Balaban J connectivity index is 1.46. The second-order valence-electron chi connectivity index (χ2n) is 12.3. The Hall–Kier alpha value is -3.59. The van der Waals surface area contributed by atoms with Crippen molar-refractivity contribution in [2.45, 2.75) is 43.8 Å². The van der Waals surface area contributed by atoms with Crippen LogP contribution < -0.4 is 5.43 Å². The lowest BCUT2D eigenvalue weighted by Crippen LogP contribution is -2.45. The lowest BCUT2D eigenvalue weighted by molar-refractivity contribution is -0.169. The first-order valence-electron chi connectivity index (χ1n) is 16.0. The third-order valence-electron chi connectivity index (χ3n) is 8.67. The van der Waals surface area contributed by atoms with E-state index in [-0.39, 0.29) is 34.2 Å². The number of alkyl halides is 6. The van der Waals surface area contributed by atoms with Gasteiger partial charge in [0.2, 0.25) is 10.0 Å². The van der Waals surface area contributed by atoms with Gasteiger partial charge in [-0.1, -0.05) is 41.5 Å². The first kappa shape index (κ1) is 38.1. The molecule has 4 aromatic rings. The van der Waals surface area contributed by atoms with E-state index in [1.54, 1.807) is 17.1 Å². The molecule has 6 rings (SSSR count). The molecule has 0 unspecified atom stereocenters. The van der Waals surface area contributed by atoms with Gasteiger partial charge in [-0.25, -0.2) is 22.4 Å². The second kappa shape index (κ2) is 15.0. The Bertz CT molecular complexity index is 2130. The van der Waals surface area contributed by atoms with Crippen LogP contribution in [0.2, 0.25) is 10.0 Å². The summed E-state index contributed by atoms with van der Waals surface area (Å²) in [7, 11) is -4.44. The molecule has 18 heteroatoms. The van der Waals surface area contributed by atoms with Gasteiger partial charge in [0, 0.05) is 42.3 Å². The molecule has 2 saturated heterocycles. The van der Waals surface area contributed by atoms with Crippen molar-refractivity contribution in [2.75, 3.05) is 26.2 Å². The van der Waals surface area contributed by atoms with Crippen LogP contribution in [-0.4, -0.2) is 65.8 Å². The molecule has 0 saturated carbocycles. The Kier molecular flexibility index (Phi) is 11.0. The minimum atomic E-state index is -4.58. The summed E-state index contributed by atoms with van der Waals surface area (Å²) < 4.78 is 110. The van der Waals surface area contributed by atoms with E-state index in [1.165, 1.54) is 35.0 Å². The van der Waals surface area contributed by atoms with E-state index in [4.69, 9.17) is 23.2 Å². The highest BCUT2D eigenvalue weighted by atomic mass is 35.5. The fraction of sp³-hybridized carbons (Fsp3) is 0.353. The number of amides is 1. The standard InChI is InChI=1S/C34H29Cl2F6N5O3S2/c35-24-9-12-28(27(36)18-24)47-31(29-13-11-25(51-29)10-6-21-4-7-22(8-5-21)33(37,38)39)26(30(43-47)32(48)44-45-15-2-1-3-16-45)20-52(49,50)46-17-14-23(19-46)34(40,41)42/h4-5,7-9,11-13,18,23H,1-3,14-17,19-20H2,(H,44,48)/t23-/m0/s1. The van der Waals surface area contributed by atoms with Crippen molar-refractivity contribution in [1.29, 1.82) is 0 Å². The molecule has 2 aliphatic heterocycles. The Labute approximate surface area is 309 Å². The van der Waals surface area contributed by atoms with Crippen molar-refractivity contribution < 1.29 is 39.6 Å². The maximum Gasteiger partial charge on any atom is 0.416 e. The molecule has 0 aliphatic carbocycles. The molecule has 1 amide bonds. The molecule has 52 heavy (non-hydrogen) atoms. The van der Waals surface area contributed by atoms with Gasteiger partial charge in [0.1, 0.15) is 0 Å². The van der Waals surface area contributed by atoms with Gasteiger partial charge in [-0.2, -0.15) is 31.4 Å². The minimum Gasteiger partial charge on any atom is -0.283 e. The lowest BCUT2D eigenvalue weighted by atomic mass is 10.1. The predicted octanol–water partition coefficient (Wildman–Crippen LogP) is 8.17. The van der Waals surface area contributed by atoms with E-state index >= 15 is 0 Å². The molecule has 1 N–H and O–H groups in total. The maximum atomic E-state index is 13.9.